The fourth-order valence-corrected chi connectivity index (χ4v) is 3.76. The minimum Gasteiger partial charge on any atom is -0.377 e. The molecule has 1 saturated carbocycles. The Labute approximate surface area is 119 Å². The van der Waals surface area contributed by atoms with E-state index in [1.807, 2.05) is 0 Å². The molecule has 0 amide bonds. The van der Waals surface area contributed by atoms with Crippen LogP contribution in [0.4, 0.5) is 0 Å². The van der Waals surface area contributed by atoms with Crippen LogP contribution in [0.5, 0.6) is 0 Å². The van der Waals surface area contributed by atoms with E-state index in [0.717, 1.165) is 26.2 Å². The van der Waals surface area contributed by atoms with Crippen LogP contribution in [0, 0.1) is 5.41 Å². The number of nitrogens with zero attached hydrogens (tertiary/aromatic N) is 1. The Morgan fingerprint density at radius 1 is 1.21 bits per heavy atom. The Kier molecular flexibility index (Phi) is 6.11. The first-order valence-electron chi connectivity index (χ1n) is 8.33. The highest BCUT2D eigenvalue weighted by Crippen LogP contribution is 2.38. The first-order chi connectivity index (χ1) is 9.28. The summed E-state index contributed by atoms with van der Waals surface area (Å²) < 4.78 is 5.81. The molecular weight excluding hydrogens is 236 g/mol. The van der Waals surface area contributed by atoms with Gasteiger partial charge in [0.05, 0.1) is 6.10 Å². The van der Waals surface area contributed by atoms with Crippen molar-refractivity contribution < 1.29 is 4.74 Å². The van der Waals surface area contributed by atoms with Gasteiger partial charge in [-0.3, -0.25) is 0 Å². The molecule has 1 heterocycles. The Morgan fingerprint density at radius 2 is 2.00 bits per heavy atom. The molecule has 1 unspecified atom stereocenters. The van der Waals surface area contributed by atoms with E-state index in [4.69, 9.17) is 4.74 Å². The van der Waals surface area contributed by atoms with Crippen LogP contribution in [-0.4, -0.2) is 50.3 Å². The molecule has 3 nitrogen and oxygen atoms in total. The molecule has 112 valence electrons. The number of ether oxygens (including phenoxy) is 1. The minimum atomic E-state index is 0.498. The van der Waals surface area contributed by atoms with E-state index in [1.165, 1.54) is 51.6 Å². The van der Waals surface area contributed by atoms with Crippen LogP contribution in [0.2, 0.25) is 0 Å². The molecule has 0 aromatic heterocycles. The van der Waals surface area contributed by atoms with Gasteiger partial charge in [-0.15, -0.1) is 0 Å². The van der Waals surface area contributed by atoms with Crippen molar-refractivity contribution in [2.24, 2.45) is 5.41 Å². The molecule has 2 fully saturated rings. The van der Waals surface area contributed by atoms with E-state index in [1.54, 1.807) is 0 Å². The molecule has 1 N–H and O–H groups in total. The van der Waals surface area contributed by atoms with Crippen LogP contribution in [-0.2, 0) is 4.74 Å². The fraction of sp³-hybridized carbons (Fsp3) is 1.00. The second kappa shape index (κ2) is 7.61. The van der Waals surface area contributed by atoms with E-state index in [2.05, 4.69) is 24.1 Å². The zero-order chi connectivity index (χ0) is 13.6. The van der Waals surface area contributed by atoms with E-state index < -0.39 is 0 Å². The second-order valence-corrected chi connectivity index (χ2v) is 6.45. The molecular formula is C16H32N2O. The highest BCUT2D eigenvalue weighted by Gasteiger charge is 2.35. The lowest BCUT2D eigenvalue weighted by molar-refractivity contribution is 0.0563. The monoisotopic (exact) mass is 268 g/mol. The molecule has 1 atom stereocenters. The molecule has 3 heteroatoms. The molecule has 1 saturated heterocycles. The van der Waals surface area contributed by atoms with Crippen LogP contribution in [0.3, 0.4) is 0 Å². The van der Waals surface area contributed by atoms with Crippen molar-refractivity contribution in [3.8, 4) is 0 Å². The smallest absolute Gasteiger partial charge is 0.0702 e. The van der Waals surface area contributed by atoms with Crippen LogP contribution >= 0.6 is 0 Å². The lowest BCUT2D eigenvalue weighted by Crippen LogP contribution is -2.44. The summed E-state index contributed by atoms with van der Waals surface area (Å²) in [6.45, 7) is 11.3. The summed E-state index contributed by atoms with van der Waals surface area (Å²) in [5, 5.41) is 3.60. The summed E-state index contributed by atoms with van der Waals surface area (Å²) in [4.78, 5) is 2.64. The maximum Gasteiger partial charge on any atom is 0.0702 e. The molecule has 1 aliphatic carbocycles. The van der Waals surface area contributed by atoms with E-state index >= 15 is 0 Å². The van der Waals surface area contributed by atoms with Gasteiger partial charge in [0.15, 0.2) is 0 Å². The molecule has 0 spiro atoms. The van der Waals surface area contributed by atoms with Crippen molar-refractivity contribution in [3.63, 3.8) is 0 Å². The second-order valence-electron chi connectivity index (χ2n) is 6.45. The standard InChI is InChI=1S/C16H32N2O/c1-3-17-13-16(9-5-6-10-16)14-18(4-2)12-15-8-7-11-19-15/h15,17H,3-14H2,1-2H3. The van der Waals surface area contributed by atoms with Gasteiger partial charge in [-0.1, -0.05) is 26.7 Å². The molecule has 0 bridgehead atoms. The average Bonchev–Trinajstić information content (AvgIpc) is 3.08. The van der Waals surface area contributed by atoms with Gasteiger partial charge in [0.2, 0.25) is 0 Å². The van der Waals surface area contributed by atoms with Crippen LogP contribution in [0.25, 0.3) is 0 Å². The highest BCUT2D eigenvalue weighted by molar-refractivity contribution is 4.90. The summed E-state index contributed by atoms with van der Waals surface area (Å²) >= 11 is 0. The molecule has 2 aliphatic rings. The third-order valence-corrected chi connectivity index (χ3v) is 4.91. The fourth-order valence-electron chi connectivity index (χ4n) is 3.76. The van der Waals surface area contributed by atoms with Gasteiger partial charge in [-0.25, -0.2) is 0 Å². The summed E-state index contributed by atoms with van der Waals surface area (Å²) in [6.07, 6.45) is 8.66. The third kappa shape index (κ3) is 4.44. The quantitative estimate of drug-likeness (QED) is 0.732. The van der Waals surface area contributed by atoms with Gasteiger partial charge < -0.3 is 15.0 Å². The normalized spacial score (nSPS) is 26.4. The average molecular weight is 268 g/mol. The van der Waals surface area contributed by atoms with Crippen molar-refractivity contribution in [3.05, 3.63) is 0 Å². The Balaban J connectivity index is 1.86. The van der Waals surface area contributed by atoms with Crippen LogP contribution in [0.15, 0.2) is 0 Å². The number of hydrogen-bond acceptors (Lipinski definition) is 3. The van der Waals surface area contributed by atoms with Gasteiger partial charge in [-0.2, -0.15) is 0 Å². The zero-order valence-corrected chi connectivity index (χ0v) is 12.9. The van der Waals surface area contributed by atoms with Crippen molar-refractivity contribution in [2.45, 2.75) is 58.5 Å². The molecule has 0 aromatic carbocycles. The topological polar surface area (TPSA) is 24.5 Å². The Hall–Kier alpha value is -0.120. The first-order valence-corrected chi connectivity index (χ1v) is 8.33. The van der Waals surface area contributed by atoms with Crippen molar-refractivity contribution in [2.75, 3.05) is 39.3 Å². The van der Waals surface area contributed by atoms with Crippen LogP contribution < -0.4 is 5.32 Å². The van der Waals surface area contributed by atoms with Gasteiger partial charge in [0.25, 0.3) is 0 Å². The molecule has 1 aliphatic heterocycles. The number of hydrogen-bond donors (Lipinski definition) is 1. The molecule has 0 radical (unpaired) electrons. The van der Waals surface area contributed by atoms with Crippen molar-refractivity contribution in [1.29, 1.82) is 0 Å². The predicted molar refractivity (Wildman–Crippen MR) is 80.5 cm³/mol. The SMILES string of the molecule is CCNCC1(CN(CC)CC2CCCO2)CCCC1. The lowest BCUT2D eigenvalue weighted by Gasteiger charge is -2.36. The van der Waals surface area contributed by atoms with Gasteiger partial charge in [0, 0.05) is 26.2 Å². The summed E-state index contributed by atoms with van der Waals surface area (Å²) in [5.41, 5.74) is 0.532. The highest BCUT2D eigenvalue weighted by atomic mass is 16.5. The van der Waals surface area contributed by atoms with E-state index in [-0.39, 0.29) is 0 Å². The molecule has 19 heavy (non-hydrogen) atoms. The summed E-state index contributed by atoms with van der Waals surface area (Å²) in [6, 6.07) is 0. The molecule has 2 rings (SSSR count). The third-order valence-electron chi connectivity index (χ3n) is 4.91. The molecule has 0 aromatic rings. The summed E-state index contributed by atoms with van der Waals surface area (Å²) in [5.74, 6) is 0. The van der Waals surface area contributed by atoms with Crippen molar-refractivity contribution in [1.82, 2.24) is 10.2 Å². The van der Waals surface area contributed by atoms with Gasteiger partial charge in [-0.05, 0) is 44.2 Å². The maximum absolute atomic E-state index is 5.81. The van der Waals surface area contributed by atoms with E-state index in [9.17, 15) is 0 Å². The Bertz CT molecular complexity index is 245. The number of rotatable bonds is 8. The maximum atomic E-state index is 5.81. The lowest BCUT2D eigenvalue weighted by atomic mass is 9.85. The van der Waals surface area contributed by atoms with E-state index in [0.29, 0.717) is 11.5 Å². The predicted octanol–water partition coefficient (Wildman–Crippen LogP) is 2.66. The van der Waals surface area contributed by atoms with Gasteiger partial charge in [0.1, 0.15) is 0 Å². The van der Waals surface area contributed by atoms with Crippen molar-refractivity contribution >= 4 is 0 Å². The Morgan fingerprint density at radius 3 is 2.58 bits per heavy atom. The van der Waals surface area contributed by atoms with Crippen LogP contribution in [0.1, 0.15) is 52.4 Å². The summed E-state index contributed by atoms with van der Waals surface area (Å²) in [7, 11) is 0. The first kappa shape index (κ1) is 15.3. The number of nitrogens with one attached hydrogen (secondary N) is 1. The minimum absolute atomic E-state index is 0.498. The largest absolute Gasteiger partial charge is 0.377 e. The zero-order valence-electron chi connectivity index (χ0n) is 12.9. The number of likely N-dealkylation sites (N-methyl/N-ethyl adjacent to an activating group) is 1. The van der Waals surface area contributed by atoms with Gasteiger partial charge >= 0.3 is 0 Å².